The lowest BCUT2D eigenvalue weighted by Crippen LogP contribution is -2.38. The summed E-state index contributed by atoms with van der Waals surface area (Å²) >= 11 is 0. The van der Waals surface area contributed by atoms with Gasteiger partial charge in [-0.25, -0.2) is 0 Å². The lowest BCUT2D eigenvalue weighted by molar-refractivity contribution is 0.0526. The third-order valence-corrected chi connectivity index (χ3v) is 3.82. The van der Waals surface area contributed by atoms with Crippen LogP contribution in [0.1, 0.15) is 47.1 Å². The lowest BCUT2D eigenvalue weighted by Gasteiger charge is -2.24. The van der Waals surface area contributed by atoms with Gasteiger partial charge in [-0.2, -0.15) is 0 Å². The molecule has 0 aliphatic heterocycles. The molecule has 0 fully saturated rings. The van der Waals surface area contributed by atoms with Crippen LogP contribution < -0.4 is 10.6 Å². The van der Waals surface area contributed by atoms with E-state index in [0.717, 1.165) is 5.56 Å². The van der Waals surface area contributed by atoms with Gasteiger partial charge in [0.2, 0.25) is 0 Å². The zero-order chi connectivity index (χ0) is 18.4. The Morgan fingerprint density at radius 3 is 2.00 bits per heavy atom. The second-order valence-corrected chi connectivity index (χ2v) is 6.53. The molecule has 2 aromatic carbocycles. The Kier molecular flexibility index (Phi) is 5.93. The fraction of sp³-hybridized carbons (Fsp3) is 0.300. The average molecular weight is 340 g/mol. The minimum atomic E-state index is -1.16. The number of aliphatic hydroxyl groups is 1. The molecule has 2 aromatic rings. The Labute approximate surface area is 148 Å². The van der Waals surface area contributed by atoms with Crippen LogP contribution >= 0.6 is 0 Å². The quantitative estimate of drug-likeness (QED) is 0.756. The van der Waals surface area contributed by atoms with E-state index in [2.05, 4.69) is 10.6 Å². The topological polar surface area (TPSA) is 78.4 Å². The summed E-state index contributed by atoms with van der Waals surface area (Å²) in [6.07, 6.45) is 0. The Bertz CT molecular complexity index is 722. The zero-order valence-corrected chi connectivity index (χ0v) is 14.7. The molecule has 5 nitrogen and oxygen atoms in total. The van der Waals surface area contributed by atoms with Gasteiger partial charge in [0, 0.05) is 17.2 Å². The summed E-state index contributed by atoms with van der Waals surface area (Å²) in [6.45, 7) is 5.52. The van der Waals surface area contributed by atoms with Crippen LogP contribution in [-0.2, 0) is 5.60 Å². The number of carbonyl (C=O) groups excluding carboxylic acids is 2. The second-order valence-electron chi connectivity index (χ2n) is 6.53. The normalized spacial score (nSPS) is 13.2. The second kappa shape index (κ2) is 7.94. The maximum absolute atomic E-state index is 12.3. The van der Waals surface area contributed by atoms with Gasteiger partial charge >= 0.3 is 0 Å². The molecule has 3 N–H and O–H groups in total. The minimum absolute atomic E-state index is 0.0516. The number of amides is 2. The largest absolute Gasteiger partial charge is 0.384 e. The van der Waals surface area contributed by atoms with E-state index in [1.807, 2.05) is 44.2 Å². The fourth-order valence-corrected chi connectivity index (χ4v) is 2.37. The first-order valence-corrected chi connectivity index (χ1v) is 8.26. The van der Waals surface area contributed by atoms with E-state index < -0.39 is 5.60 Å². The molecule has 1 unspecified atom stereocenters. The molecule has 0 saturated heterocycles. The van der Waals surface area contributed by atoms with Crippen molar-refractivity contribution in [2.45, 2.75) is 32.4 Å². The first kappa shape index (κ1) is 18.7. The van der Waals surface area contributed by atoms with Gasteiger partial charge in [-0.3, -0.25) is 9.59 Å². The van der Waals surface area contributed by atoms with Crippen LogP contribution in [0.4, 0.5) is 0 Å². The highest BCUT2D eigenvalue weighted by Gasteiger charge is 2.23. The predicted molar refractivity (Wildman–Crippen MR) is 97.4 cm³/mol. The van der Waals surface area contributed by atoms with E-state index in [4.69, 9.17) is 0 Å². The van der Waals surface area contributed by atoms with E-state index in [9.17, 15) is 14.7 Å². The standard InChI is InChI=1S/C20H24N2O3/c1-14(2)22-19(24)16-11-9-15(10-12-16)18(23)21-13-20(3,25)17-7-5-4-6-8-17/h4-12,14,25H,13H2,1-3H3,(H,21,23)(H,22,24). The Balaban J connectivity index is 1.98. The summed E-state index contributed by atoms with van der Waals surface area (Å²) in [5.74, 6) is -0.471. The molecule has 0 bridgehead atoms. The predicted octanol–water partition coefficient (Wildman–Crippen LogP) is 2.46. The van der Waals surface area contributed by atoms with Crippen molar-refractivity contribution in [3.63, 3.8) is 0 Å². The van der Waals surface area contributed by atoms with Crippen LogP contribution in [0, 0.1) is 0 Å². The molecule has 0 aliphatic rings. The van der Waals surface area contributed by atoms with Crippen LogP contribution in [0.2, 0.25) is 0 Å². The van der Waals surface area contributed by atoms with Gasteiger partial charge in [-0.15, -0.1) is 0 Å². The van der Waals surface area contributed by atoms with Crippen molar-refractivity contribution in [3.05, 3.63) is 71.3 Å². The van der Waals surface area contributed by atoms with Gasteiger partial charge < -0.3 is 15.7 Å². The molecule has 2 rings (SSSR count). The molecular weight excluding hydrogens is 316 g/mol. The summed E-state index contributed by atoms with van der Waals surface area (Å²) in [7, 11) is 0. The highest BCUT2D eigenvalue weighted by molar-refractivity contribution is 5.97. The van der Waals surface area contributed by atoms with E-state index in [1.54, 1.807) is 31.2 Å². The molecule has 0 radical (unpaired) electrons. The number of nitrogens with one attached hydrogen (secondary N) is 2. The number of carbonyl (C=O) groups is 2. The van der Waals surface area contributed by atoms with E-state index in [-0.39, 0.29) is 24.4 Å². The highest BCUT2D eigenvalue weighted by Crippen LogP contribution is 2.19. The van der Waals surface area contributed by atoms with Crippen LogP contribution in [0.25, 0.3) is 0 Å². The first-order chi connectivity index (χ1) is 11.8. The molecule has 0 saturated carbocycles. The number of benzene rings is 2. The fourth-order valence-electron chi connectivity index (χ4n) is 2.37. The summed E-state index contributed by atoms with van der Waals surface area (Å²) in [5.41, 5.74) is 0.510. The van der Waals surface area contributed by atoms with E-state index >= 15 is 0 Å². The monoisotopic (exact) mass is 340 g/mol. The van der Waals surface area contributed by atoms with Crippen LogP contribution in [0.5, 0.6) is 0 Å². The van der Waals surface area contributed by atoms with Gasteiger partial charge in [0.1, 0.15) is 5.60 Å². The molecule has 132 valence electrons. The number of hydrogen-bond acceptors (Lipinski definition) is 3. The molecule has 0 heterocycles. The smallest absolute Gasteiger partial charge is 0.251 e. The van der Waals surface area contributed by atoms with Gasteiger partial charge in [-0.05, 0) is 50.6 Å². The van der Waals surface area contributed by atoms with Crippen LogP contribution in [0.3, 0.4) is 0 Å². The van der Waals surface area contributed by atoms with Crippen molar-refractivity contribution in [3.8, 4) is 0 Å². The maximum Gasteiger partial charge on any atom is 0.251 e. The molecular formula is C20H24N2O3. The van der Waals surface area contributed by atoms with Crippen molar-refractivity contribution in [1.29, 1.82) is 0 Å². The lowest BCUT2D eigenvalue weighted by atomic mass is 9.96. The molecule has 0 aromatic heterocycles. The van der Waals surface area contributed by atoms with Crippen molar-refractivity contribution >= 4 is 11.8 Å². The number of hydrogen-bond donors (Lipinski definition) is 3. The maximum atomic E-state index is 12.3. The minimum Gasteiger partial charge on any atom is -0.384 e. The Morgan fingerprint density at radius 1 is 0.960 bits per heavy atom. The average Bonchev–Trinajstić information content (AvgIpc) is 2.60. The van der Waals surface area contributed by atoms with Gasteiger partial charge in [0.05, 0.1) is 6.54 Å². The molecule has 2 amide bonds. The summed E-state index contributed by atoms with van der Waals surface area (Å²) < 4.78 is 0. The SMILES string of the molecule is CC(C)NC(=O)c1ccc(C(=O)NCC(C)(O)c2ccccc2)cc1. The Hall–Kier alpha value is -2.66. The van der Waals surface area contributed by atoms with Crippen molar-refractivity contribution in [1.82, 2.24) is 10.6 Å². The van der Waals surface area contributed by atoms with Crippen molar-refractivity contribution in [2.24, 2.45) is 0 Å². The van der Waals surface area contributed by atoms with Gasteiger partial charge in [-0.1, -0.05) is 30.3 Å². The Morgan fingerprint density at radius 2 is 1.48 bits per heavy atom. The van der Waals surface area contributed by atoms with Crippen LogP contribution in [0.15, 0.2) is 54.6 Å². The molecule has 25 heavy (non-hydrogen) atoms. The van der Waals surface area contributed by atoms with Crippen molar-refractivity contribution < 1.29 is 14.7 Å². The number of rotatable bonds is 6. The van der Waals surface area contributed by atoms with Crippen LogP contribution in [-0.4, -0.2) is 29.5 Å². The summed E-state index contributed by atoms with van der Waals surface area (Å²) in [4.78, 5) is 24.2. The third-order valence-electron chi connectivity index (χ3n) is 3.82. The van der Waals surface area contributed by atoms with Crippen molar-refractivity contribution in [2.75, 3.05) is 6.54 Å². The molecule has 1 atom stereocenters. The molecule has 5 heteroatoms. The zero-order valence-electron chi connectivity index (χ0n) is 14.7. The molecule has 0 spiro atoms. The van der Waals surface area contributed by atoms with E-state index in [1.165, 1.54) is 0 Å². The summed E-state index contributed by atoms with van der Waals surface area (Å²) in [5, 5.41) is 16.0. The summed E-state index contributed by atoms with van der Waals surface area (Å²) in [6, 6.07) is 15.7. The van der Waals surface area contributed by atoms with Gasteiger partial charge in [0.25, 0.3) is 11.8 Å². The third kappa shape index (κ3) is 5.16. The molecule has 0 aliphatic carbocycles. The highest BCUT2D eigenvalue weighted by atomic mass is 16.3. The van der Waals surface area contributed by atoms with E-state index in [0.29, 0.717) is 11.1 Å². The first-order valence-electron chi connectivity index (χ1n) is 8.26. The van der Waals surface area contributed by atoms with Gasteiger partial charge in [0.15, 0.2) is 0 Å².